The maximum Gasteiger partial charge on any atom is 0.274 e. The molecule has 8 unspecified atom stereocenters. The Labute approximate surface area is 400 Å². The van der Waals surface area contributed by atoms with Crippen LogP contribution in [0.3, 0.4) is 0 Å². The van der Waals surface area contributed by atoms with E-state index in [1.54, 1.807) is 0 Å². The molecule has 1 saturated heterocycles. The van der Waals surface area contributed by atoms with Gasteiger partial charge in [-0.3, -0.25) is 32.6 Å². The van der Waals surface area contributed by atoms with Crippen molar-refractivity contribution in [3.8, 4) is 0 Å². The number of imidazole rings is 1. The average Bonchev–Trinajstić information content (AvgIpc) is 3.79. The number of rotatable bonds is 33. The fourth-order valence-electron chi connectivity index (χ4n) is 6.64. The van der Waals surface area contributed by atoms with Crippen molar-refractivity contribution in [1.82, 2.24) is 48.6 Å². The summed E-state index contributed by atoms with van der Waals surface area (Å²) < 4.78 is 61.1. The molecule has 27 nitrogen and oxygen atoms in total. The van der Waals surface area contributed by atoms with Crippen molar-refractivity contribution in [3.05, 3.63) is 12.7 Å². The quantitative estimate of drug-likeness (QED) is 0.0365. The Morgan fingerprint density at radius 3 is 2.04 bits per heavy atom. The average molecular weight is 1060 g/mol. The predicted molar refractivity (Wildman–Crippen MR) is 249 cm³/mol. The van der Waals surface area contributed by atoms with E-state index in [4.69, 9.17) is 10.5 Å². The minimum atomic E-state index is -5.90. The van der Waals surface area contributed by atoms with Gasteiger partial charge in [0.1, 0.15) is 36.3 Å². The number of phosphoric ester groups is 3. The zero-order valence-electron chi connectivity index (χ0n) is 39.9. The number of thioether (sulfide) groups is 1. The third-order valence-electron chi connectivity index (χ3n) is 10.2. The van der Waals surface area contributed by atoms with Gasteiger partial charge in [0.05, 0.1) is 19.5 Å². The number of unbranched alkanes of at least 4 members (excludes halogenated alkanes) is 12. The molecule has 31 heteroatoms. The van der Waals surface area contributed by atoms with Crippen molar-refractivity contribution >= 4 is 69.1 Å². The van der Waals surface area contributed by atoms with Crippen LogP contribution in [0.1, 0.15) is 123 Å². The molecule has 2 aromatic heterocycles. The number of aliphatic hydroxyl groups excluding tert-OH is 2. The number of nitrogens with two attached hydrogens (primary N) is 1. The van der Waals surface area contributed by atoms with Crippen molar-refractivity contribution < 1.29 is 80.5 Å². The highest BCUT2D eigenvalue weighted by Gasteiger charge is 2.48. The zero-order chi connectivity index (χ0) is 48.3. The molecule has 1 aliphatic rings. The van der Waals surface area contributed by atoms with Crippen LogP contribution in [0.2, 0.25) is 0 Å². The molecule has 0 bridgehead atoms. The number of quaternary nitrogens is 3. The lowest BCUT2D eigenvalue weighted by molar-refractivity contribution is -0.247. The maximum absolute atomic E-state index is 12.6. The zero-order valence-corrected chi connectivity index (χ0v) is 43.4. The van der Waals surface area contributed by atoms with Gasteiger partial charge in [0.2, 0.25) is 11.8 Å². The predicted octanol–water partition coefficient (Wildman–Crippen LogP) is 3.38. The number of nitrogens with one attached hydrogen (secondary N) is 2. The van der Waals surface area contributed by atoms with Gasteiger partial charge in [0, 0.05) is 37.1 Å². The summed E-state index contributed by atoms with van der Waals surface area (Å²) in [6, 6.07) is 0. The van der Waals surface area contributed by atoms with Crippen LogP contribution in [-0.4, -0.2) is 108 Å². The number of amides is 2. The SMILES string of the molecule is CCCCCCCCCCCCCCCC(=O)SCCNC(=O)CCNC(=O)C(O)C(C)(C)COP(=O)([O-])OP(=O)([O-])OCC1OC(n2cnc3c(N)ncnc32)C(O)C1OP(=O)([O-])O.[NH4+].[NH4+].[NH4+]. The molecule has 0 aliphatic carbocycles. The first-order valence-corrected chi connectivity index (χ1v) is 27.0. The first-order chi connectivity index (χ1) is 30.6. The molecular weight excluding hydrogens is 981 g/mol. The van der Waals surface area contributed by atoms with E-state index >= 15 is 0 Å². The van der Waals surface area contributed by atoms with E-state index in [-0.39, 0.29) is 60.1 Å². The smallest absolute Gasteiger partial charge is 0.274 e. The molecule has 2 amide bonds. The van der Waals surface area contributed by atoms with Crippen LogP contribution in [0.4, 0.5) is 5.82 Å². The van der Waals surface area contributed by atoms with E-state index in [9.17, 15) is 57.9 Å². The summed E-state index contributed by atoms with van der Waals surface area (Å²) in [6.07, 6.45) is 8.99. The van der Waals surface area contributed by atoms with Crippen molar-refractivity contribution in [1.29, 1.82) is 0 Å². The van der Waals surface area contributed by atoms with Crippen molar-refractivity contribution in [3.63, 3.8) is 0 Å². The molecular formula is C37H75N10O17P3S. The first kappa shape index (κ1) is 65.4. The number of nitrogens with zero attached hydrogens (tertiary/aromatic N) is 4. The molecule has 3 heterocycles. The van der Waals surface area contributed by atoms with Crippen LogP contribution < -0.4 is 49.5 Å². The highest BCUT2D eigenvalue weighted by atomic mass is 32.2. The normalized spacial score (nSPS) is 20.1. The van der Waals surface area contributed by atoms with Crippen LogP contribution in [0.25, 0.3) is 11.2 Å². The summed E-state index contributed by atoms with van der Waals surface area (Å²) in [6.45, 7) is 2.46. The lowest BCUT2D eigenvalue weighted by Gasteiger charge is -2.35. The summed E-state index contributed by atoms with van der Waals surface area (Å²) in [5.41, 5.74) is 4.14. The molecule has 0 aromatic carbocycles. The summed E-state index contributed by atoms with van der Waals surface area (Å²) in [7, 11) is -17.3. The van der Waals surface area contributed by atoms with Gasteiger partial charge in [-0.05, 0) is 6.42 Å². The van der Waals surface area contributed by atoms with Crippen LogP contribution >= 0.6 is 35.2 Å². The fourth-order valence-corrected chi connectivity index (χ4v) is 10.1. The maximum atomic E-state index is 12.6. The van der Waals surface area contributed by atoms with Gasteiger partial charge in [-0.2, -0.15) is 0 Å². The molecule has 1 aliphatic heterocycles. The van der Waals surface area contributed by atoms with Crippen molar-refractivity contribution in [2.24, 2.45) is 5.41 Å². The largest absolute Gasteiger partial charge is 0.756 e. The van der Waals surface area contributed by atoms with Gasteiger partial charge in [0.15, 0.2) is 22.8 Å². The molecule has 396 valence electrons. The van der Waals surface area contributed by atoms with Gasteiger partial charge in [-0.15, -0.1) is 0 Å². The van der Waals surface area contributed by atoms with Crippen LogP contribution in [0.5, 0.6) is 0 Å². The van der Waals surface area contributed by atoms with Gasteiger partial charge in [-0.1, -0.05) is 110 Å². The minimum Gasteiger partial charge on any atom is -0.756 e. The number of anilines is 1. The third-order valence-corrected chi connectivity index (χ3v) is 14.2. The van der Waals surface area contributed by atoms with E-state index in [1.807, 2.05) is 0 Å². The number of phosphoric acid groups is 3. The number of ether oxygens (including phenoxy) is 1. The Morgan fingerprint density at radius 2 is 1.46 bits per heavy atom. The van der Waals surface area contributed by atoms with Gasteiger partial charge in [-0.25, -0.2) is 19.3 Å². The number of hydrogen-bond donors (Lipinski definition) is 9. The van der Waals surface area contributed by atoms with Crippen molar-refractivity contribution in [2.45, 2.75) is 148 Å². The van der Waals surface area contributed by atoms with E-state index in [1.165, 1.54) is 78.1 Å². The first-order valence-electron chi connectivity index (χ1n) is 21.5. The van der Waals surface area contributed by atoms with E-state index in [2.05, 4.69) is 50.4 Å². The number of carbonyl (C=O) groups excluding carboxylic acids is 3. The minimum absolute atomic E-state index is 0. The molecule has 8 atom stereocenters. The Kier molecular flexibility index (Phi) is 30.5. The van der Waals surface area contributed by atoms with Gasteiger partial charge >= 0.3 is 0 Å². The number of nitrogen functional groups attached to an aromatic ring is 1. The van der Waals surface area contributed by atoms with E-state index in [0.717, 1.165) is 48.2 Å². The van der Waals surface area contributed by atoms with Gasteiger partial charge < -0.3 is 82.9 Å². The second-order valence-electron chi connectivity index (χ2n) is 16.2. The Balaban J connectivity index is 0.0000150. The Morgan fingerprint density at radius 1 is 0.882 bits per heavy atom. The van der Waals surface area contributed by atoms with E-state index in [0.29, 0.717) is 12.2 Å². The highest BCUT2D eigenvalue weighted by Crippen LogP contribution is 2.56. The summed E-state index contributed by atoms with van der Waals surface area (Å²) >= 11 is 1.14. The molecule has 0 radical (unpaired) electrons. The standard InChI is InChI=1S/C37H66N7O17P3S.3H3N/c1-4-5-6-7-8-9-10-11-12-13-14-15-16-17-28(46)65-21-20-39-27(45)18-19-40-35(49)32(48)37(2,3)23-58-64(55,56)61-63(53,54)57-22-26-31(60-62(50,51)52)30(47)36(59-26)44-25-43-29-33(38)41-24-42-34(29)44;;;/h24-26,30-32,36,47-48H,4-23H2,1-3H3,(H,39,45)(H,40,49)(H,53,54)(H,55,56)(H2,38,41,42)(H2,50,51,52);3*1H3. The third kappa shape index (κ3) is 23.6. The lowest BCUT2D eigenvalue weighted by atomic mass is 9.87. The molecule has 0 saturated carbocycles. The Hall–Kier alpha value is -2.56. The number of aromatic nitrogens is 4. The lowest BCUT2D eigenvalue weighted by Crippen LogP contribution is -2.46. The Bertz CT molecular complexity index is 1970. The van der Waals surface area contributed by atoms with Gasteiger partial charge in [0.25, 0.3) is 23.5 Å². The highest BCUT2D eigenvalue weighted by molar-refractivity contribution is 8.13. The molecule has 19 N–H and O–H groups in total. The second kappa shape index (κ2) is 31.7. The molecule has 2 aromatic rings. The van der Waals surface area contributed by atoms with Crippen LogP contribution in [0, 0.1) is 5.41 Å². The van der Waals surface area contributed by atoms with Crippen LogP contribution in [-0.2, 0) is 50.7 Å². The molecule has 0 spiro atoms. The number of fused-ring (bicyclic) bond motifs is 1. The molecule has 1 fully saturated rings. The second-order valence-corrected chi connectivity index (χ2v) is 21.5. The monoisotopic (exact) mass is 1060 g/mol. The summed E-state index contributed by atoms with van der Waals surface area (Å²) in [5, 5.41) is 26.5. The fraction of sp³-hybridized carbons (Fsp3) is 0.784. The number of hydrogen-bond acceptors (Lipinski definition) is 21. The number of aliphatic hydroxyl groups is 2. The van der Waals surface area contributed by atoms with Crippen LogP contribution in [0.15, 0.2) is 12.7 Å². The van der Waals surface area contributed by atoms with E-state index < -0.39 is 84.6 Å². The molecule has 3 rings (SSSR count). The summed E-state index contributed by atoms with van der Waals surface area (Å²) in [5.74, 6) is -1.11. The topological polar surface area (TPSA) is 482 Å². The summed E-state index contributed by atoms with van der Waals surface area (Å²) in [4.78, 5) is 94.8. The van der Waals surface area contributed by atoms with Crippen molar-refractivity contribution in [2.75, 3.05) is 37.8 Å². The molecule has 68 heavy (non-hydrogen) atoms. The number of carbonyl (C=O) groups is 3.